The van der Waals surface area contributed by atoms with Gasteiger partial charge in [-0.2, -0.15) is 0 Å². The maximum atomic E-state index is 12.1. The van der Waals surface area contributed by atoms with Crippen LogP contribution in [-0.2, 0) is 4.79 Å². The number of hydrogen-bond acceptors (Lipinski definition) is 2. The van der Waals surface area contributed by atoms with E-state index < -0.39 is 0 Å². The minimum Gasteiger partial charge on any atom is -0.317 e. The van der Waals surface area contributed by atoms with Crippen LogP contribution in [0.25, 0.3) is 11.8 Å². The molecule has 1 saturated heterocycles. The van der Waals surface area contributed by atoms with Crippen LogP contribution in [0.4, 0.5) is 4.79 Å². The number of nitrogens with one attached hydrogen (secondary N) is 1. The fourth-order valence-corrected chi connectivity index (χ4v) is 2.53. The standard InChI is InChI=1S/C17H17N3O2/c1-3-19-16(21)15(18-17(19)22)11-14-8-5-9-20(14)13-7-4-6-12(2)10-13/h4-11H,3H2,1-2H3,(H,18,22)/b15-11+. The Labute approximate surface area is 128 Å². The highest BCUT2D eigenvalue weighted by atomic mass is 16.2. The average molecular weight is 295 g/mol. The Balaban J connectivity index is 1.98. The smallest absolute Gasteiger partial charge is 0.317 e. The van der Waals surface area contributed by atoms with Gasteiger partial charge >= 0.3 is 6.03 Å². The van der Waals surface area contributed by atoms with Crippen LogP contribution in [0, 0.1) is 6.92 Å². The number of aryl methyl sites for hydroxylation is 1. The molecule has 1 N–H and O–H groups in total. The molecule has 3 rings (SSSR count). The molecule has 1 aliphatic rings. The average Bonchev–Trinajstić information content (AvgIpc) is 3.05. The Bertz CT molecular complexity index is 774. The minimum atomic E-state index is -0.368. The van der Waals surface area contributed by atoms with Crippen molar-refractivity contribution in [3.05, 3.63) is 59.5 Å². The van der Waals surface area contributed by atoms with Crippen LogP contribution < -0.4 is 5.32 Å². The van der Waals surface area contributed by atoms with E-state index in [-0.39, 0.29) is 11.9 Å². The second-order valence-electron chi connectivity index (χ2n) is 5.18. The van der Waals surface area contributed by atoms with Gasteiger partial charge < -0.3 is 9.88 Å². The van der Waals surface area contributed by atoms with E-state index in [2.05, 4.69) is 11.4 Å². The highest BCUT2D eigenvalue weighted by molar-refractivity contribution is 6.13. The van der Waals surface area contributed by atoms with Crippen molar-refractivity contribution in [1.82, 2.24) is 14.8 Å². The summed E-state index contributed by atoms with van der Waals surface area (Å²) in [4.78, 5) is 25.0. The molecule has 5 heteroatoms. The van der Waals surface area contributed by atoms with Crippen molar-refractivity contribution >= 4 is 18.0 Å². The maximum Gasteiger partial charge on any atom is 0.328 e. The largest absolute Gasteiger partial charge is 0.328 e. The van der Waals surface area contributed by atoms with Crippen LogP contribution >= 0.6 is 0 Å². The highest BCUT2D eigenvalue weighted by Crippen LogP contribution is 2.18. The van der Waals surface area contributed by atoms with Gasteiger partial charge in [-0.25, -0.2) is 4.79 Å². The number of likely N-dealkylation sites (N-methyl/N-ethyl adjacent to an activating group) is 1. The van der Waals surface area contributed by atoms with Gasteiger partial charge in [-0.15, -0.1) is 0 Å². The number of carbonyl (C=O) groups excluding carboxylic acids is 2. The molecule has 0 unspecified atom stereocenters. The Kier molecular flexibility index (Phi) is 3.55. The second kappa shape index (κ2) is 5.52. The van der Waals surface area contributed by atoms with E-state index in [0.717, 1.165) is 16.9 Å². The number of amides is 3. The van der Waals surface area contributed by atoms with Gasteiger partial charge in [0.2, 0.25) is 0 Å². The van der Waals surface area contributed by atoms with E-state index >= 15 is 0 Å². The molecule has 0 atom stereocenters. The predicted molar refractivity (Wildman–Crippen MR) is 84.4 cm³/mol. The third-order valence-electron chi connectivity index (χ3n) is 3.63. The molecule has 2 heterocycles. The van der Waals surface area contributed by atoms with E-state index in [4.69, 9.17) is 0 Å². The lowest BCUT2D eigenvalue weighted by molar-refractivity contribution is -0.122. The number of hydrogen-bond donors (Lipinski definition) is 1. The van der Waals surface area contributed by atoms with Crippen LogP contribution in [0.3, 0.4) is 0 Å². The summed E-state index contributed by atoms with van der Waals surface area (Å²) in [6.07, 6.45) is 3.64. The molecule has 22 heavy (non-hydrogen) atoms. The summed E-state index contributed by atoms with van der Waals surface area (Å²) < 4.78 is 1.98. The topological polar surface area (TPSA) is 54.3 Å². The normalized spacial score (nSPS) is 16.5. The summed E-state index contributed by atoms with van der Waals surface area (Å²) in [5.41, 5.74) is 3.32. The van der Waals surface area contributed by atoms with E-state index in [9.17, 15) is 9.59 Å². The number of urea groups is 1. The van der Waals surface area contributed by atoms with E-state index in [0.29, 0.717) is 12.2 Å². The molecule has 0 spiro atoms. The first-order valence-corrected chi connectivity index (χ1v) is 7.19. The monoisotopic (exact) mass is 295 g/mol. The molecule has 112 valence electrons. The zero-order valence-corrected chi connectivity index (χ0v) is 12.5. The van der Waals surface area contributed by atoms with Gasteiger partial charge in [0, 0.05) is 24.1 Å². The Hall–Kier alpha value is -2.82. The zero-order chi connectivity index (χ0) is 15.7. The van der Waals surface area contributed by atoms with Crippen molar-refractivity contribution in [3.8, 4) is 5.69 Å². The first-order chi connectivity index (χ1) is 10.6. The molecule has 0 bridgehead atoms. The SMILES string of the molecule is CCN1C(=O)N/C(=C/c2cccn2-c2cccc(C)c2)C1=O. The summed E-state index contributed by atoms with van der Waals surface area (Å²) in [7, 11) is 0. The van der Waals surface area contributed by atoms with E-state index in [1.807, 2.05) is 48.0 Å². The van der Waals surface area contributed by atoms with Crippen molar-refractivity contribution in [2.75, 3.05) is 6.54 Å². The predicted octanol–water partition coefficient (Wildman–Crippen LogP) is 2.70. The summed E-state index contributed by atoms with van der Waals surface area (Å²) in [6.45, 7) is 4.17. The van der Waals surface area contributed by atoms with Crippen LogP contribution in [-0.4, -0.2) is 28.0 Å². The molecular weight excluding hydrogens is 278 g/mol. The molecule has 0 radical (unpaired) electrons. The van der Waals surface area contributed by atoms with Crippen LogP contribution in [0.15, 0.2) is 48.3 Å². The quantitative estimate of drug-likeness (QED) is 0.699. The second-order valence-corrected chi connectivity index (χ2v) is 5.18. The molecule has 0 saturated carbocycles. The summed E-state index contributed by atoms with van der Waals surface area (Å²) in [5, 5.41) is 2.62. The molecule has 1 aromatic carbocycles. The number of imide groups is 1. The lowest BCUT2D eigenvalue weighted by Crippen LogP contribution is -2.30. The molecule has 1 fully saturated rings. The molecule has 2 aromatic rings. The fraction of sp³-hybridized carbons (Fsp3) is 0.176. The Morgan fingerprint density at radius 2 is 2.00 bits per heavy atom. The molecule has 5 nitrogen and oxygen atoms in total. The molecule has 1 aliphatic heterocycles. The van der Waals surface area contributed by atoms with Gasteiger partial charge in [-0.1, -0.05) is 12.1 Å². The Morgan fingerprint density at radius 1 is 1.18 bits per heavy atom. The number of nitrogens with zero attached hydrogens (tertiary/aromatic N) is 2. The molecule has 0 aliphatic carbocycles. The first-order valence-electron chi connectivity index (χ1n) is 7.19. The third-order valence-corrected chi connectivity index (χ3v) is 3.63. The van der Waals surface area contributed by atoms with Gasteiger partial charge in [0.1, 0.15) is 5.70 Å². The van der Waals surface area contributed by atoms with Crippen molar-refractivity contribution in [2.45, 2.75) is 13.8 Å². The lowest BCUT2D eigenvalue weighted by Gasteiger charge is -2.08. The summed E-state index contributed by atoms with van der Waals surface area (Å²) >= 11 is 0. The zero-order valence-electron chi connectivity index (χ0n) is 12.5. The van der Waals surface area contributed by atoms with Gasteiger partial charge in [-0.3, -0.25) is 9.69 Å². The lowest BCUT2D eigenvalue weighted by atomic mass is 10.2. The van der Waals surface area contributed by atoms with Crippen LogP contribution in [0.5, 0.6) is 0 Å². The van der Waals surface area contributed by atoms with Gasteiger partial charge in [0.25, 0.3) is 5.91 Å². The third kappa shape index (κ3) is 2.41. The minimum absolute atomic E-state index is 0.288. The number of benzene rings is 1. The van der Waals surface area contributed by atoms with Crippen molar-refractivity contribution in [2.24, 2.45) is 0 Å². The van der Waals surface area contributed by atoms with Crippen molar-refractivity contribution in [1.29, 1.82) is 0 Å². The maximum absolute atomic E-state index is 12.1. The van der Waals surface area contributed by atoms with Crippen LogP contribution in [0.2, 0.25) is 0 Å². The van der Waals surface area contributed by atoms with Gasteiger partial charge in [-0.05, 0) is 49.8 Å². The summed E-state index contributed by atoms with van der Waals surface area (Å²) in [5.74, 6) is -0.288. The number of carbonyl (C=O) groups is 2. The van der Waals surface area contributed by atoms with E-state index in [1.165, 1.54) is 4.90 Å². The van der Waals surface area contributed by atoms with E-state index in [1.54, 1.807) is 13.0 Å². The summed E-state index contributed by atoms with van der Waals surface area (Å²) in [6, 6.07) is 11.5. The molecule has 1 aromatic heterocycles. The van der Waals surface area contributed by atoms with Crippen molar-refractivity contribution < 1.29 is 9.59 Å². The molecular formula is C17H17N3O2. The Morgan fingerprint density at radius 3 is 2.68 bits per heavy atom. The first kappa shape index (κ1) is 14.1. The van der Waals surface area contributed by atoms with Crippen LogP contribution in [0.1, 0.15) is 18.2 Å². The number of aromatic nitrogens is 1. The van der Waals surface area contributed by atoms with Gasteiger partial charge in [0.05, 0.1) is 0 Å². The van der Waals surface area contributed by atoms with Crippen molar-refractivity contribution in [3.63, 3.8) is 0 Å². The fourth-order valence-electron chi connectivity index (χ4n) is 2.53. The molecule has 3 amide bonds. The number of rotatable bonds is 3. The van der Waals surface area contributed by atoms with Gasteiger partial charge in [0.15, 0.2) is 0 Å². The highest BCUT2D eigenvalue weighted by Gasteiger charge is 2.32.